The molecule has 0 aromatic heterocycles. The average Bonchev–Trinajstić information content (AvgIpc) is 2.10. The number of likely N-dealkylation sites (N-methyl/N-ethyl adjacent to an activating group) is 1. The number of rotatable bonds is 2. The monoisotopic (exact) mass is 173 g/mol. The first-order valence-corrected chi connectivity index (χ1v) is 4.75. The molecule has 0 aromatic rings. The molecule has 0 radical (unpaired) electrons. The van der Waals surface area contributed by atoms with Crippen LogP contribution in [-0.2, 0) is 0 Å². The third-order valence-electron chi connectivity index (χ3n) is 2.97. The Hall–Kier alpha value is -0.120. The van der Waals surface area contributed by atoms with Gasteiger partial charge < -0.3 is 15.1 Å². The fourth-order valence-electron chi connectivity index (χ4n) is 1.72. The molecule has 0 aliphatic carbocycles. The van der Waals surface area contributed by atoms with Gasteiger partial charge in [0.1, 0.15) is 0 Å². The minimum absolute atomic E-state index is 0.573. The molecule has 1 aliphatic rings. The lowest BCUT2D eigenvalue weighted by Gasteiger charge is -2.41. The molecule has 2 unspecified atom stereocenters. The van der Waals surface area contributed by atoms with Gasteiger partial charge in [0.2, 0.25) is 0 Å². The quantitative estimate of drug-likeness (QED) is 0.627. The number of piperidine rings is 1. The molecule has 2 atom stereocenters. The second-order valence-corrected chi connectivity index (χ2v) is 3.62. The molecule has 1 fully saturated rings. The Bertz CT molecular complexity index is 151. The number of likely N-dealkylation sites (tertiary alicyclic amines) is 1. The number of nitrogens with zero attached hydrogens (tertiary/aromatic N) is 1. The first-order chi connectivity index (χ1) is 5.62. The standard InChI is InChI=1S/C9H19NO2/c1-3-9(12)5-6-10(4-2)7-8(9)11/h8,11-12H,3-7H2,1-2H3. The summed E-state index contributed by atoms with van der Waals surface area (Å²) < 4.78 is 0. The van der Waals surface area contributed by atoms with Gasteiger partial charge in [0.15, 0.2) is 0 Å². The fraction of sp³-hybridized carbons (Fsp3) is 1.00. The zero-order chi connectivity index (χ0) is 9.19. The van der Waals surface area contributed by atoms with Crippen molar-refractivity contribution in [1.82, 2.24) is 4.90 Å². The first kappa shape index (κ1) is 9.96. The Labute approximate surface area is 74.0 Å². The van der Waals surface area contributed by atoms with Crippen LogP contribution in [0.2, 0.25) is 0 Å². The number of hydrogen-bond donors (Lipinski definition) is 2. The van der Waals surface area contributed by atoms with E-state index in [1.807, 2.05) is 6.92 Å². The normalized spacial score (nSPS) is 38.5. The summed E-state index contributed by atoms with van der Waals surface area (Å²) in [6, 6.07) is 0. The molecule has 1 aliphatic heterocycles. The molecule has 2 N–H and O–H groups in total. The minimum atomic E-state index is -0.828. The van der Waals surface area contributed by atoms with Crippen LogP contribution in [0.4, 0.5) is 0 Å². The van der Waals surface area contributed by atoms with E-state index in [-0.39, 0.29) is 0 Å². The molecule has 1 saturated heterocycles. The number of β-amino-alcohol motifs (C(OH)–C–C–N with tert-alkyl or cyclic N) is 1. The Morgan fingerprint density at radius 1 is 1.50 bits per heavy atom. The van der Waals surface area contributed by atoms with E-state index in [1.165, 1.54) is 0 Å². The molecule has 3 nitrogen and oxygen atoms in total. The number of aliphatic hydroxyl groups excluding tert-OH is 1. The van der Waals surface area contributed by atoms with Crippen molar-refractivity contribution in [2.75, 3.05) is 19.6 Å². The molecule has 0 bridgehead atoms. The van der Waals surface area contributed by atoms with E-state index in [9.17, 15) is 10.2 Å². The highest BCUT2D eigenvalue weighted by Crippen LogP contribution is 2.25. The topological polar surface area (TPSA) is 43.7 Å². The zero-order valence-electron chi connectivity index (χ0n) is 7.95. The highest BCUT2D eigenvalue weighted by molar-refractivity contribution is 4.91. The molecule has 1 rings (SSSR count). The molecule has 0 saturated carbocycles. The van der Waals surface area contributed by atoms with Gasteiger partial charge >= 0.3 is 0 Å². The molecular formula is C9H19NO2. The summed E-state index contributed by atoms with van der Waals surface area (Å²) in [6.07, 6.45) is 0.765. The van der Waals surface area contributed by atoms with Crippen molar-refractivity contribution >= 4 is 0 Å². The van der Waals surface area contributed by atoms with Gasteiger partial charge in [-0.25, -0.2) is 0 Å². The van der Waals surface area contributed by atoms with E-state index in [0.717, 1.165) is 13.1 Å². The van der Waals surface area contributed by atoms with Crippen LogP contribution in [0.25, 0.3) is 0 Å². The van der Waals surface area contributed by atoms with E-state index in [4.69, 9.17) is 0 Å². The Morgan fingerprint density at radius 2 is 2.17 bits per heavy atom. The predicted octanol–water partition coefficient (Wildman–Crippen LogP) is 0.214. The molecule has 0 amide bonds. The van der Waals surface area contributed by atoms with E-state index in [2.05, 4.69) is 11.8 Å². The summed E-state index contributed by atoms with van der Waals surface area (Å²) in [5, 5.41) is 19.5. The maximum atomic E-state index is 9.89. The van der Waals surface area contributed by atoms with Crippen molar-refractivity contribution in [3.8, 4) is 0 Å². The Balaban J connectivity index is 2.53. The summed E-state index contributed by atoms with van der Waals surface area (Å²) in [5.41, 5.74) is -0.828. The molecule has 0 spiro atoms. The van der Waals surface area contributed by atoms with Crippen LogP contribution in [0, 0.1) is 0 Å². The SMILES string of the molecule is CCN1CCC(O)(CC)C(O)C1. The molecule has 3 heteroatoms. The van der Waals surface area contributed by atoms with Crippen molar-refractivity contribution in [2.45, 2.75) is 38.4 Å². The summed E-state index contributed by atoms with van der Waals surface area (Å²) in [7, 11) is 0. The highest BCUT2D eigenvalue weighted by Gasteiger charge is 2.38. The van der Waals surface area contributed by atoms with Crippen molar-refractivity contribution in [3.63, 3.8) is 0 Å². The van der Waals surface area contributed by atoms with E-state index >= 15 is 0 Å². The largest absolute Gasteiger partial charge is 0.389 e. The van der Waals surface area contributed by atoms with Gasteiger partial charge in [-0.05, 0) is 19.4 Å². The van der Waals surface area contributed by atoms with Crippen LogP contribution in [0.3, 0.4) is 0 Å². The molecule has 1 heterocycles. The molecular weight excluding hydrogens is 154 g/mol. The second kappa shape index (κ2) is 3.73. The van der Waals surface area contributed by atoms with Gasteiger partial charge in [0.25, 0.3) is 0 Å². The number of aliphatic hydroxyl groups is 2. The van der Waals surface area contributed by atoms with Gasteiger partial charge in [0.05, 0.1) is 11.7 Å². The predicted molar refractivity (Wildman–Crippen MR) is 48.0 cm³/mol. The lowest BCUT2D eigenvalue weighted by molar-refractivity contribution is -0.119. The minimum Gasteiger partial charge on any atom is -0.389 e. The maximum Gasteiger partial charge on any atom is 0.0953 e. The van der Waals surface area contributed by atoms with Gasteiger partial charge in [-0.3, -0.25) is 0 Å². The summed E-state index contributed by atoms with van der Waals surface area (Å²) in [4.78, 5) is 2.16. The average molecular weight is 173 g/mol. The van der Waals surface area contributed by atoms with Crippen LogP contribution >= 0.6 is 0 Å². The van der Waals surface area contributed by atoms with Crippen LogP contribution in [-0.4, -0.2) is 46.5 Å². The van der Waals surface area contributed by atoms with Crippen molar-refractivity contribution < 1.29 is 10.2 Å². The Morgan fingerprint density at radius 3 is 2.58 bits per heavy atom. The van der Waals surface area contributed by atoms with Crippen molar-refractivity contribution in [3.05, 3.63) is 0 Å². The lowest BCUT2D eigenvalue weighted by Crippen LogP contribution is -2.55. The zero-order valence-corrected chi connectivity index (χ0v) is 7.95. The van der Waals surface area contributed by atoms with Crippen molar-refractivity contribution in [2.24, 2.45) is 0 Å². The molecule has 0 aromatic carbocycles. The summed E-state index contributed by atoms with van der Waals surface area (Å²) in [5.74, 6) is 0. The van der Waals surface area contributed by atoms with E-state index < -0.39 is 11.7 Å². The highest BCUT2D eigenvalue weighted by atomic mass is 16.3. The van der Waals surface area contributed by atoms with Crippen LogP contribution in [0.1, 0.15) is 26.7 Å². The maximum absolute atomic E-state index is 9.89. The lowest BCUT2D eigenvalue weighted by atomic mass is 9.86. The summed E-state index contributed by atoms with van der Waals surface area (Å²) >= 11 is 0. The van der Waals surface area contributed by atoms with Crippen LogP contribution < -0.4 is 0 Å². The van der Waals surface area contributed by atoms with Gasteiger partial charge in [-0.2, -0.15) is 0 Å². The number of hydrogen-bond acceptors (Lipinski definition) is 3. The smallest absolute Gasteiger partial charge is 0.0953 e. The van der Waals surface area contributed by atoms with Crippen LogP contribution in [0.15, 0.2) is 0 Å². The molecule has 72 valence electrons. The third kappa shape index (κ3) is 1.79. The Kier molecular flexibility index (Phi) is 3.09. The third-order valence-corrected chi connectivity index (χ3v) is 2.97. The van der Waals surface area contributed by atoms with Gasteiger partial charge in [-0.15, -0.1) is 0 Å². The van der Waals surface area contributed by atoms with E-state index in [0.29, 0.717) is 19.4 Å². The van der Waals surface area contributed by atoms with Gasteiger partial charge in [-0.1, -0.05) is 13.8 Å². The second-order valence-electron chi connectivity index (χ2n) is 3.62. The first-order valence-electron chi connectivity index (χ1n) is 4.75. The summed E-state index contributed by atoms with van der Waals surface area (Å²) in [6.45, 7) is 6.46. The fourth-order valence-corrected chi connectivity index (χ4v) is 1.72. The van der Waals surface area contributed by atoms with Gasteiger partial charge in [0, 0.05) is 13.1 Å². The van der Waals surface area contributed by atoms with E-state index in [1.54, 1.807) is 0 Å². The molecule has 12 heavy (non-hydrogen) atoms. The van der Waals surface area contributed by atoms with Crippen molar-refractivity contribution in [1.29, 1.82) is 0 Å². The van der Waals surface area contributed by atoms with Crippen LogP contribution in [0.5, 0.6) is 0 Å².